The van der Waals surface area contributed by atoms with E-state index >= 15 is 0 Å². The second-order valence-corrected chi connectivity index (χ2v) is 4.77. The number of rotatable bonds is 4. The van der Waals surface area contributed by atoms with Crippen LogP contribution in [0.25, 0.3) is 0 Å². The van der Waals surface area contributed by atoms with E-state index in [9.17, 15) is 4.79 Å². The maximum absolute atomic E-state index is 12.4. The molecule has 1 aromatic rings. The summed E-state index contributed by atoms with van der Waals surface area (Å²) >= 11 is 0. The second kappa shape index (κ2) is 6.01. The summed E-state index contributed by atoms with van der Waals surface area (Å²) in [6.45, 7) is 6.05. The van der Waals surface area contributed by atoms with E-state index in [4.69, 9.17) is 9.47 Å². The number of carbonyl (C=O) groups is 1. The topological polar surface area (TPSA) is 35.5 Å². The molecule has 2 unspecified atom stereocenters. The lowest BCUT2D eigenvalue weighted by Crippen LogP contribution is -2.31. The first kappa shape index (κ1) is 13.1. The minimum Gasteiger partial charge on any atom is -0.494 e. The van der Waals surface area contributed by atoms with E-state index < -0.39 is 0 Å². The zero-order valence-electron chi connectivity index (χ0n) is 11.0. The predicted octanol–water partition coefficient (Wildman–Crippen LogP) is 2.94. The Morgan fingerprint density at radius 1 is 1.39 bits per heavy atom. The molecule has 1 aliphatic heterocycles. The van der Waals surface area contributed by atoms with Crippen molar-refractivity contribution in [2.45, 2.75) is 20.3 Å². The van der Waals surface area contributed by atoms with E-state index in [1.165, 1.54) is 0 Å². The molecule has 0 N–H and O–H groups in total. The number of hydrogen-bond donors (Lipinski definition) is 0. The smallest absolute Gasteiger partial charge is 0.166 e. The lowest BCUT2D eigenvalue weighted by atomic mass is 9.83. The average Bonchev–Trinajstić information content (AvgIpc) is 2.40. The van der Waals surface area contributed by atoms with Gasteiger partial charge in [-0.2, -0.15) is 0 Å². The van der Waals surface area contributed by atoms with E-state index in [1.54, 1.807) is 0 Å². The van der Waals surface area contributed by atoms with Crippen molar-refractivity contribution >= 4 is 5.78 Å². The molecule has 18 heavy (non-hydrogen) atoms. The molecule has 3 heteroatoms. The third kappa shape index (κ3) is 2.91. The highest BCUT2D eigenvalue weighted by atomic mass is 16.5. The van der Waals surface area contributed by atoms with E-state index in [0.29, 0.717) is 25.7 Å². The molecule has 2 rings (SSSR count). The molecular weight excluding hydrogens is 228 g/mol. The van der Waals surface area contributed by atoms with Crippen molar-refractivity contribution in [1.29, 1.82) is 0 Å². The van der Waals surface area contributed by atoms with Gasteiger partial charge in [-0.1, -0.05) is 6.92 Å². The van der Waals surface area contributed by atoms with E-state index in [0.717, 1.165) is 17.7 Å². The third-order valence-electron chi connectivity index (χ3n) is 3.43. The third-order valence-corrected chi connectivity index (χ3v) is 3.43. The Labute approximate surface area is 108 Å². The largest absolute Gasteiger partial charge is 0.494 e. The Morgan fingerprint density at radius 3 is 2.72 bits per heavy atom. The molecule has 1 fully saturated rings. The normalized spacial score (nSPS) is 23.7. The van der Waals surface area contributed by atoms with Crippen molar-refractivity contribution in [1.82, 2.24) is 0 Å². The number of ketones is 1. The fourth-order valence-electron chi connectivity index (χ4n) is 2.37. The number of hydrogen-bond acceptors (Lipinski definition) is 3. The highest BCUT2D eigenvalue weighted by Crippen LogP contribution is 2.26. The molecule has 2 atom stereocenters. The molecule has 1 saturated heterocycles. The van der Waals surface area contributed by atoms with Gasteiger partial charge in [0.15, 0.2) is 5.78 Å². The fraction of sp³-hybridized carbons (Fsp3) is 0.533. The quantitative estimate of drug-likeness (QED) is 0.768. The second-order valence-electron chi connectivity index (χ2n) is 4.77. The molecule has 0 radical (unpaired) electrons. The van der Waals surface area contributed by atoms with Crippen molar-refractivity contribution in [2.75, 3.05) is 19.8 Å². The Kier molecular flexibility index (Phi) is 4.37. The van der Waals surface area contributed by atoms with Crippen molar-refractivity contribution in [3.8, 4) is 5.75 Å². The maximum atomic E-state index is 12.4. The Bertz CT molecular complexity index is 397. The van der Waals surface area contributed by atoms with E-state index in [2.05, 4.69) is 6.92 Å². The molecule has 0 aromatic heterocycles. The first-order valence-electron chi connectivity index (χ1n) is 6.57. The highest BCUT2D eigenvalue weighted by molar-refractivity contribution is 5.98. The molecule has 0 aliphatic carbocycles. The summed E-state index contributed by atoms with van der Waals surface area (Å²) in [4.78, 5) is 12.4. The van der Waals surface area contributed by atoms with Crippen LogP contribution in [0.2, 0.25) is 0 Å². The van der Waals surface area contributed by atoms with Gasteiger partial charge in [-0.25, -0.2) is 0 Å². The molecular formula is C15H20O3. The summed E-state index contributed by atoms with van der Waals surface area (Å²) in [5.41, 5.74) is 0.775. The van der Waals surface area contributed by atoms with E-state index in [-0.39, 0.29) is 11.7 Å². The van der Waals surface area contributed by atoms with Gasteiger partial charge in [0.2, 0.25) is 0 Å². The monoisotopic (exact) mass is 248 g/mol. The van der Waals surface area contributed by atoms with Gasteiger partial charge in [-0.05, 0) is 43.5 Å². The van der Waals surface area contributed by atoms with Crippen LogP contribution in [0.3, 0.4) is 0 Å². The van der Waals surface area contributed by atoms with Crippen LogP contribution in [0.4, 0.5) is 0 Å². The van der Waals surface area contributed by atoms with Gasteiger partial charge in [0.1, 0.15) is 5.75 Å². The summed E-state index contributed by atoms with van der Waals surface area (Å²) in [6, 6.07) is 7.44. The van der Waals surface area contributed by atoms with Crippen LogP contribution in [0.15, 0.2) is 24.3 Å². The molecule has 98 valence electrons. The minimum absolute atomic E-state index is 0.0942. The van der Waals surface area contributed by atoms with Gasteiger partial charge in [0.25, 0.3) is 0 Å². The summed E-state index contributed by atoms with van der Waals surface area (Å²) in [6.07, 6.45) is 0.827. The molecule has 1 aromatic carbocycles. The molecule has 0 amide bonds. The molecule has 0 spiro atoms. The summed E-state index contributed by atoms with van der Waals surface area (Å²) in [7, 11) is 0. The Balaban J connectivity index is 2.08. The standard InChI is InChI=1S/C15H20O3/c1-3-18-13-6-4-12(5-7-13)15(16)14-8-9-17-10-11(14)2/h4-7,11,14H,3,8-10H2,1-2H3. The van der Waals surface area contributed by atoms with Crippen LogP contribution < -0.4 is 4.74 Å². The van der Waals surface area contributed by atoms with Gasteiger partial charge < -0.3 is 9.47 Å². The van der Waals surface area contributed by atoms with Crippen LogP contribution in [0.5, 0.6) is 5.75 Å². The molecule has 1 aliphatic rings. The summed E-state index contributed by atoms with van der Waals surface area (Å²) in [5, 5.41) is 0. The maximum Gasteiger partial charge on any atom is 0.166 e. The Morgan fingerprint density at radius 2 is 2.11 bits per heavy atom. The number of Topliss-reactive ketones (excluding diaryl/α,β-unsaturated/α-hetero) is 1. The first-order valence-corrected chi connectivity index (χ1v) is 6.57. The van der Waals surface area contributed by atoms with Gasteiger partial charge >= 0.3 is 0 Å². The fourth-order valence-corrected chi connectivity index (χ4v) is 2.37. The van der Waals surface area contributed by atoms with Gasteiger partial charge in [0, 0.05) is 24.7 Å². The van der Waals surface area contributed by atoms with Crippen molar-refractivity contribution in [3.05, 3.63) is 29.8 Å². The summed E-state index contributed by atoms with van der Waals surface area (Å²) < 4.78 is 10.8. The summed E-state index contributed by atoms with van der Waals surface area (Å²) in [5.74, 6) is 1.44. The predicted molar refractivity (Wildman–Crippen MR) is 70.0 cm³/mol. The van der Waals surface area contributed by atoms with Crippen LogP contribution in [-0.2, 0) is 4.74 Å². The van der Waals surface area contributed by atoms with Crippen LogP contribution in [0.1, 0.15) is 30.6 Å². The Hall–Kier alpha value is -1.35. The lowest BCUT2D eigenvalue weighted by Gasteiger charge is -2.27. The number of carbonyl (C=O) groups excluding carboxylic acids is 1. The zero-order valence-corrected chi connectivity index (χ0v) is 11.0. The number of benzene rings is 1. The first-order chi connectivity index (χ1) is 8.72. The van der Waals surface area contributed by atoms with Gasteiger partial charge in [-0.3, -0.25) is 4.79 Å². The highest BCUT2D eigenvalue weighted by Gasteiger charge is 2.28. The van der Waals surface area contributed by atoms with Crippen LogP contribution in [-0.4, -0.2) is 25.6 Å². The molecule has 0 bridgehead atoms. The molecule has 0 saturated carbocycles. The zero-order chi connectivity index (χ0) is 13.0. The van der Waals surface area contributed by atoms with Gasteiger partial charge in [0.05, 0.1) is 6.61 Å². The van der Waals surface area contributed by atoms with E-state index in [1.807, 2.05) is 31.2 Å². The minimum atomic E-state index is 0.0942. The van der Waals surface area contributed by atoms with Crippen molar-refractivity contribution < 1.29 is 14.3 Å². The average molecular weight is 248 g/mol. The van der Waals surface area contributed by atoms with Crippen LogP contribution in [0, 0.1) is 11.8 Å². The van der Waals surface area contributed by atoms with Crippen molar-refractivity contribution in [2.24, 2.45) is 11.8 Å². The lowest BCUT2D eigenvalue weighted by molar-refractivity contribution is 0.0241. The molecule has 3 nitrogen and oxygen atoms in total. The molecule has 1 heterocycles. The van der Waals surface area contributed by atoms with Crippen molar-refractivity contribution in [3.63, 3.8) is 0 Å². The number of ether oxygens (including phenoxy) is 2. The van der Waals surface area contributed by atoms with Crippen LogP contribution >= 0.6 is 0 Å². The van der Waals surface area contributed by atoms with Gasteiger partial charge in [-0.15, -0.1) is 0 Å². The SMILES string of the molecule is CCOc1ccc(C(=O)C2CCOCC2C)cc1.